The monoisotopic (exact) mass is 325 g/mol. The second-order valence-corrected chi connectivity index (χ2v) is 6.25. The molecule has 0 aliphatic carbocycles. The van der Waals surface area contributed by atoms with Crippen LogP contribution in [0.5, 0.6) is 5.88 Å². The maximum atomic E-state index is 12.2. The first kappa shape index (κ1) is 15.4. The van der Waals surface area contributed by atoms with E-state index in [9.17, 15) is 4.79 Å². The van der Waals surface area contributed by atoms with Gasteiger partial charge in [0.05, 0.1) is 16.8 Å². The number of benzene rings is 1. The van der Waals surface area contributed by atoms with Gasteiger partial charge in [-0.1, -0.05) is 12.1 Å². The maximum absolute atomic E-state index is 12.2. The molecule has 3 rings (SSSR count). The van der Waals surface area contributed by atoms with Crippen molar-refractivity contribution >= 4 is 23.4 Å². The van der Waals surface area contributed by atoms with Crippen LogP contribution in [0.15, 0.2) is 42.6 Å². The summed E-state index contributed by atoms with van der Waals surface area (Å²) in [4.78, 5) is 16.4. The number of hydrogen-bond acceptors (Lipinski definition) is 5. The minimum atomic E-state index is -0.303. The lowest BCUT2D eigenvalue weighted by atomic mass is 10.2. The van der Waals surface area contributed by atoms with Crippen LogP contribution in [0, 0.1) is 11.3 Å². The lowest BCUT2D eigenvalue weighted by Gasteiger charge is -2.11. The Morgan fingerprint density at radius 1 is 1.35 bits per heavy atom. The zero-order chi connectivity index (χ0) is 16.1. The highest BCUT2D eigenvalue weighted by Crippen LogP contribution is 2.22. The van der Waals surface area contributed by atoms with E-state index < -0.39 is 0 Å². The summed E-state index contributed by atoms with van der Waals surface area (Å²) in [5, 5.41) is 11.8. The Morgan fingerprint density at radius 2 is 2.22 bits per heavy atom. The van der Waals surface area contributed by atoms with Gasteiger partial charge in [0, 0.05) is 18.0 Å². The van der Waals surface area contributed by atoms with E-state index in [0.717, 1.165) is 17.9 Å². The predicted molar refractivity (Wildman–Crippen MR) is 89.7 cm³/mol. The molecule has 2 aromatic rings. The van der Waals surface area contributed by atoms with Gasteiger partial charge in [-0.15, -0.1) is 0 Å². The normalized spacial score (nSPS) is 16.6. The molecule has 0 spiro atoms. The molecule has 0 saturated carbocycles. The maximum Gasteiger partial charge on any atom is 0.257 e. The predicted octanol–water partition coefficient (Wildman–Crippen LogP) is 3.09. The fourth-order valence-corrected chi connectivity index (χ4v) is 3.34. The molecule has 1 atom stereocenters. The summed E-state index contributed by atoms with van der Waals surface area (Å²) in [6.07, 6.45) is 2.72. The number of carbonyl (C=O) groups excluding carboxylic acids is 1. The highest BCUT2D eigenvalue weighted by molar-refractivity contribution is 7.99. The van der Waals surface area contributed by atoms with Crippen LogP contribution in [0.3, 0.4) is 0 Å². The molecule has 6 heteroatoms. The zero-order valence-corrected chi connectivity index (χ0v) is 13.2. The minimum absolute atomic E-state index is 0.203. The molecule has 0 radical (unpaired) electrons. The Kier molecular flexibility index (Phi) is 4.79. The average Bonchev–Trinajstić information content (AvgIpc) is 3.09. The molecule has 1 N–H and O–H groups in total. The van der Waals surface area contributed by atoms with E-state index in [1.807, 2.05) is 17.8 Å². The fraction of sp³-hybridized carbons (Fsp3) is 0.235. The van der Waals surface area contributed by atoms with Crippen molar-refractivity contribution in [1.29, 1.82) is 5.26 Å². The van der Waals surface area contributed by atoms with Gasteiger partial charge in [0.15, 0.2) is 0 Å². The van der Waals surface area contributed by atoms with Crippen molar-refractivity contribution in [2.24, 2.45) is 0 Å². The number of aromatic nitrogens is 1. The van der Waals surface area contributed by atoms with E-state index in [1.54, 1.807) is 36.4 Å². The molecule has 1 aliphatic rings. The van der Waals surface area contributed by atoms with Crippen molar-refractivity contribution < 1.29 is 9.53 Å². The van der Waals surface area contributed by atoms with E-state index in [4.69, 9.17) is 10.00 Å². The molecule has 1 aliphatic heterocycles. The molecule has 116 valence electrons. The van der Waals surface area contributed by atoms with Crippen molar-refractivity contribution in [2.45, 2.75) is 12.5 Å². The zero-order valence-electron chi connectivity index (χ0n) is 12.4. The molecular formula is C17H15N3O2S. The van der Waals surface area contributed by atoms with Gasteiger partial charge in [-0.3, -0.25) is 4.79 Å². The van der Waals surface area contributed by atoms with Crippen molar-refractivity contribution in [3.05, 3.63) is 53.7 Å². The molecule has 1 amide bonds. The minimum Gasteiger partial charge on any atom is -0.473 e. The Balaban J connectivity index is 1.66. The first-order valence-corrected chi connectivity index (χ1v) is 8.42. The number of carbonyl (C=O) groups is 1. The highest BCUT2D eigenvalue weighted by Gasteiger charge is 2.17. The number of amides is 1. The number of nitrogens with zero attached hydrogens (tertiary/aromatic N) is 2. The van der Waals surface area contributed by atoms with Gasteiger partial charge in [-0.25, -0.2) is 4.98 Å². The molecule has 1 saturated heterocycles. The van der Waals surface area contributed by atoms with Crippen molar-refractivity contribution in [3.8, 4) is 11.9 Å². The Labute approximate surface area is 138 Å². The molecule has 1 fully saturated rings. The molecular weight excluding hydrogens is 310 g/mol. The topological polar surface area (TPSA) is 75.0 Å². The SMILES string of the molecule is N#Cc1ccccc1NC(=O)c1ccc(OC2CCSC2)nc1. The second kappa shape index (κ2) is 7.16. The summed E-state index contributed by atoms with van der Waals surface area (Å²) < 4.78 is 5.76. The van der Waals surface area contributed by atoms with Crippen LogP contribution in [-0.2, 0) is 0 Å². The van der Waals surface area contributed by atoms with E-state index in [2.05, 4.69) is 10.3 Å². The molecule has 1 aromatic heterocycles. The van der Waals surface area contributed by atoms with E-state index in [1.165, 1.54) is 6.20 Å². The summed E-state index contributed by atoms with van der Waals surface area (Å²) >= 11 is 1.87. The van der Waals surface area contributed by atoms with E-state index >= 15 is 0 Å². The number of thioether (sulfide) groups is 1. The first-order valence-electron chi connectivity index (χ1n) is 7.27. The Morgan fingerprint density at radius 3 is 2.91 bits per heavy atom. The number of anilines is 1. The van der Waals surface area contributed by atoms with Crippen LogP contribution in [0.25, 0.3) is 0 Å². The van der Waals surface area contributed by atoms with E-state index in [0.29, 0.717) is 22.7 Å². The van der Waals surface area contributed by atoms with Gasteiger partial charge in [0.1, 0.15) is 12.2 Å². The third-order valence-electron chi connectivity index (χ3n) is 3.47. The molecule has 1 unspecified atom stereocenters. The summed E-state index contributed by atoms with van der Waals surface area (Å²) in [6, 6.07) is 12.3. The Hall–Kier alpha value is -2.52. The summed E-state index contributed by atoms with van der Waals surface area (Å²) in [5.74, 6) is 2.33. The first-order chi connectivity index (χ1) is 11.3. The number of nitriles is 1. The summed E-state index contributed by atoms with van der Waals surface area (Å²) in [7, 11) is 0. The van der Waals surface area contributed by atoms with Crippen LogP contribution < -0.4 is 10.1 Å². The van der Waals surface area contributed by atoms with Crippen LogP contribution in [0.4, 0.5) is 5.69 Å². The molecule has 2 heterocycles. The van der Waals surface area contributed by atoms with Gasteiger partial charge >= 0.3 is 0 Å². The molecule has 1 aromatic carbocycles. The largest absolute Gasteiger partial charge is 0.473 e. The number of pyridine rings is 1. The van der Waals surface area contributed by atoms with Crippen molar-refractivity contribution in [3.63, 3.8) is 0 Å². The lowest BCUT2D eigenvalue weighted by Crippen LogP contribution is -2.16. The lowest BCUT2D eigenvalue weighted by molar-refractivity contribution is 0.102. The van der Waals surface area contributed by atoms with Crippen LogP contribution in [0.1, 0.15) is 22.3 Å². The van der Waals surface area contributed by atoms with Crippen molar-refractivity contribution in [1.82, 2.24) is 4.98 Å². The molecule has 5 nitrogen and oxygen atoms in total. The number of rotatable bonds is 4. The molecule has 0 bridgehead atoms. The average molecular weight is 325 g/mol. The van der Waals surface area contributed by atoms with Crippen LogP contribution >= 0.6 is 11.8 Å². The number of para-hydroxylation sites is 1. The van der Waals surface area contributed by atoms with Gasteiger partial charge in [0.25, 0.3) is 5.91 Å². The van der Waals surface area contributed by atoms with Gasteiger partial charge in [-0.2, -0.15) is 17.0 Å². The van der Waals surface area contributed by atoms with E-state index in [-0.39, 0.29) is 12.0 Å². The number of nitrogens with one attached hydrogen (secondary N) is 1. The van der Waals surface area contributed by atoms with Gasteiger partial charge in [0.2, 0.25) is 5.88 Å². The number of hydrogen-bond donors (Lipinski definition) is 1. The van der Waals surface area contributed by atoms with Crippen molar-refractivity contribution in [2.75, 3.05) is 16.8 Å². The number of ether oxygens (including phenoxy) is 1. The van der Waals surface area contributed by atoms with Crippen LogP contribution in [0.2, 0.25) is 0 Å². The van der Waals surface area contributed by atoms with Crippen LogP contribution in [-0.4, -0.2) is 28.5 Å². The Bertz CT molecular complexity index is 734. The standard InChI is InChI=1S/C17H15N3O2S/c18-9-12-3-1-2-4-15(12)20-17(21)13-5-6-16(19-10-13)22-14-7-8-23-11-14/h1-6,10,14H,7-8,11H2,(H,20,21). The third kappa shape index (κ3) is 3.82. The highest BCUT2D eigenvalue weighted by atomic mass is 32.2. The van der Waals surface area contributed by atoms with Gasteiger partial charge < -0.3 is 10.1 Å². The van der Waals surface area contributed by atoms with Gasteiger partial charge in [-0.05, 0) is 30.4 Å². The third-order valence-corrected chi connectivity index (χ3v) is 4.60. The summed E-state index contributed by atoms with van der Waals surface area (Å²) in [6.45, 7) is 0. The second-order valence-electron chi connectivity index (χ2n) is 5.10. The quantitative estimate of drug-likeness (QED) is 0.935. The molecule has 23 heavy (non-hydrogen) atoms. The summed E-state index contributed by atoms with van der Waals surface area (Å²) in [5.41, 5.74) is 1.33. The smallest absolute Gasteiger partial charge is 0.257 e. The fourth-order valence-electron chi connectivity index (χ4n) is 2.25.